The first kappa shape index (κ1) is 20.9. The first-order chi connectivity index (χ1) is 13.6. The lowest BCUT2D eigenvalue weighted by molar-refractivity contribution is 0.0170. The summed E-state index contributed by atoms with van der Waals surface area (Å²) in [6.07, 6.45) is 5.31. The van der Waals surface area contributed by atoms with Crippen LogP contribution < -0.4 is 15.4 Å². The maximum atomic E-state index is 5.56. The fourth-order valence-electron chi connectivity index (χ4n) is 4.29. The number of rotatable bonds is 7. The number of guanidine groups is 1. The average molecular weight is 389 g/mol. The van der Waals surface area contributed by atoms with E-state index in [0.717, 1.165) is 51.1 Å². The summed E-state index contributed by atoms with van der Waals surface area (Å²) in [6, 6.07) is 8.68. The van der Waals surface area contributed by atoms with Crippen LogP contribution in [-0.4, -0.2) is 64.4 Å². The number of ether oxygens (including phenoxy) is 2. The summed E-state index contributed by atoms with van der Waals surface area (Å²) < 4.78 is 10.9. The molecule has 0 amide bonds. The minimum absolute atomic E-state index is 0.274. The molecule has 1 aromatic rings. The van der Waals surface area contributed by atoms with Crippen LogP contribution >= 0.6 is 0 Å². The number of nitrogens with zero attached hydrogens (tertiary/aromatic N) is 2. The van der Waals surface area contributed by atoms with Gasteiger partial charge in [0.25, 0.3) is 0 Å². The van der Waals surface area contributed by atoms with E-state index in [-0.39, 0.29) is 6.04 Å². The van der Waals surface area contributed by atoms with Gasteiger partial charge in [-0.15, -0.1) is 0 Å². The van der Waals surface area contributed by atoms with Crippen molar-refractivity contribution in [3.05, 3.63) is 29.8 Å². The molecule has 0 spiro atoms. The van der Waals surface area contributed by atoms with E-state index in [4.69, 9.17) is 9.47 Å². The molecule has 1 aromatic carbocycles. The monoisotopic (exact) mass is 388 g/mol. The first-order valence-electron chi connectivity index (χ1n) is 10.5. The second-order valence-corrected chi connectivity index (χ2v) is 8.26. The molecule has 0 bridgehead atoms. The number of aliphatic imine (C=N–C) groups is 1. The van der Waals surface area contributed by atoms with Crippen LogP contribution in [0.1, 0.15) is 44.2 Å². The maximum absolute atomic E-state index is 5.56. The fourth-order valence-corrected chi connectivity index (χ4v) is 4.29. The lowest BCUT2D eigenvalue weighted by Crippen LogP contribution is -2.47. The number of nitrogens with one attached hydrogen (secondary N) is 2. The zero-order chi connectivity index (χ0) is 19.8. The summed E-state index contributed by atoms with van der Waals surface area (Å²) in [6.45, 7) is 7.65. The normalized spacial score (nSPS) is 21.3. The molecule has 28 heavy (non-hydrogen) atoms. The van der Waals surface area contributed by atoms with Crippen molar-refractivity contribution in [3.63, 3.8) is 0 Å². The average Bonchev–Trinajstić information content (AvgIpc) is 3.18. The van der Waals surface area contributed by atoms with E-state index in [1.807, 2.05) is 19.2 Å². The molecular formula is C22H36N4O2. The van der Waals surface area contributed by atoms with Crippen LogP contribution in [0.15, 0.2) is 29.3 Å². The highest BCUT2D eigenvalue weighted by Gasteiger charge is 2.29. The fraction of sp³-hybridized carbons (Fsp3) is 0.682. The summed E-state index contributed by atoms with van der Waals surface area (Å²) in [5, 5.41) is 7.12. The van der Waals surface area contributed by atoms with Gasteiger partial charge in [0, 0.05) is 33.2 Å². The summed E-state index contributed by atoms with van der Waals surface area (Å²) in [4.78, 5) is 6.94. The van der Waals surface area contributed by atoms with Gasteiger partial charge >= 0.3 is 0 Å². The molecule has 2 aliphatic rings. The van der Waals surface area contributed by atoms with E-state index >= 15 is 0 Å². The molecule has 1 aliphatic carbocycles. The Kier molecular flexibility index (Phi) is 7.57. The highest BCUT2D eigenvalue weighted by molar-refractivity contribution is 5.79. The highest BCUT2D eigenvalue weighted by Crippen LogP contribution is 2.36. The number of morpholine rings is 1. The van der Waals surface area contributed by atoms with Gasteiger partial charge in [0.1, 0.15) is 5.75 Å². The Morgan fingerprint density at radius 2 is 1.86 bits per heavy atom. The van der Waals surface area contributed by atoms with Gasteiger partial charge < -0.3 is 20.1 Å². The van der Waals surface area contributed by atoms with Crippen LogP contribution in [-0.2, 0) is 4.74 Å². The molecule has 156 valence electrons. The standard InChI is InChI=1S/C22H36N4O2/c1-22(10-4-5-11-22)17-25-21(23-2)24-16-20(26-12-14-28-15-13-26)18-6-8-19(27-3)9-7-18/h6-9,20H,4-5,10-17H2,1-3H3,(H2,23,24,25). The zero-order valence-electron chi connectivity index (χ0n) is 17.7. The summed E-state index contributed by atoms with van der Waals surface area (Å²) in [7, 11) is 3.56. The molecule has 1 heterocycles. The molecule has 6 nitrogen and oxygen atoms in total. The van der Waals surface area contributed by atoms with Gasteiger partial charge in [-0.05, 0) is 36.0 Å². The summed E-state index contributed by atoms with van der Waals surface area (Å²) in [5.41, 5.74) is 1.69. The molecule has 0 radical (unpaired) electrons. The number of hydrogen-bond acceptors (Lipinski definition) is 4. The Hall–Kier alpha value is -1.79. The quantitative estimate of drug-likeness (QED) is 0.556. The van der Waals surface area contributed by atoms with Gasteiger partial charge in [0.15, 0.2) is 5.96 Å². The molecule has 2 fully saturated rings. The molecule has 1 aliphatic heterocycles. The van der Waals surface area contributed by atoms with Crippen LogP contribution in [0.5, 0.6) is 5.75 Å². The minimum atomic E-state index is 0.274. The molecule has 1 saturated carbocycles. The van der Waals surface area contributed by atoms with E-state index < -0.39 is 0 Å². The maximum Gasteiger partial charge on any atom is 0.191 e. The topological polar surface area (TPSA) is 58.1 Å². The molecule has 1 unspecified atom stereocenters. The Labute approximate surface area is 169 Å². The lowest BCUT2D eigenvalue weighted by atomic mass is 9.89. The third kappa shape index (κ3) is 5.61. The van der Waals surface area contributed by atoms with Crippen LogP contribution in [0, 0.1) is 5.41 Å². The van der Waals surface area contributed by atoms with Crippen LogP contribution in [0.3, 0.4) is 0 Å². The van der Waals surface area contributed by atoms with Crippen LogP contribution in [0.2, 0.25) is 0 Å². The van der Waals surface area contributed by atoms with Crippen LogP contribution in [0.25, 0.3) is 0 Å². The van der Waals surface area contributed by atoms with Gasteiger partial charge in [-0.1, -0.05) is 31.9 Å². The lowest BCUT2D eigenvalue weighted by Gasteiger charge is -2.35. The van der Waals surface area contributed by atoms with Crippen molar-refractivity contribution >= 4 is 5.96 Å². The molecule has 2 N–H and O–H groups in total. The Balaban J connectivity index is 1.62. The third-order valence-electron chi connectivity index (χ3n) is 6.17. The number of hydrogen-bond donors (Lipinski definition) is 2. The van der Waals surface area contributed by atoms with E-state index in [2.05, 4.69) is 39.6 Å². The molecule has 6 heteroatoms. The molecule has 1 atom stereocenters. The van der Waals surface area contributed by atoms with Crippen molar-refractivity contribution < 1.29 is 9.47 Å². The molecule has 3 rings (SSSR count). The van der Waals surface area contributed by atoms with Crippen molar-refractivity contribution in [2.45, 2.75) is 38.6 Å². The smallest absolute Gasteiger partial charge is 0.191 e. The van der Waals surface area contributed by atoms with Gasteiger partial charge in [-0.3, -0.25) is 9.89 Å². The van der Waals surface area contributed by atoms with Crippen molar-refractivity contribution in [1.82, 2.24) is 15.5 Å². The van der Waals surface area contributed by atoms with Crippen molar-refractivity contribution in [2.24, 2.45) is 10.4 Å². The number of methoxy groups -OCH3 is 1. The summed E-state index contributed by atoms with van der Waals surface area (Å²) >= 11 is 0. The number of benzene rings is 1. The predicted octanol–water partition coefficient (Wildman–Crippen LogP) is 2.81. The SMILES string of the molecule is CN=C(NCC(c1ccc(OC)cc1)N1CCOCC1)NCC1(C)CCCC1. The minimum Gasteiger partial charge on any atom is -0.497 e. The molecule has 0 aromatic heterocycles. The summed E-state index contributed by atoms with van der Waals surface area (Å²) in [5.74, 6) is 1.78. The predicted molar refractivity (Wildman–Crippen MR) is 114 cm³/mol. The van der Waals surface area contributed by atoms with E-state index in [9.17, 15) is 0 Å². The Bertz CT molecular complexity index is 620. The Morgan fingerprint density at radius 3 is 2.46 bits per heavy atom. The molecular weight excluding hydrogens is 352 g/mol. The third-order valence-corrected chi connectivity index (χ3v) is 6.17. The van der Waals surface area contributed by atoms with Gasteiger partial charge in [-0.25, -0.2) is 0 Å². The van der Waals surface area contributed by atoms with Gasteiger partial charge in [-0.2, -0.15) is 0 Å². The second-order valence-electron chi connectivity index (χ2n) is 8.26. The van der Waals surface area contributed by atoms with Crippen molar-refractivity contribution in [3.8, 4) is 5.75 Å². The van der Waals surface area contributed by atoms with Gasteiger partial charge in [0.05, 0.1) is 26.4 Å². The van der Waals surface area contributed by atoms with E-state index in [1.54, 1.807) is 7.11 Å². The Morgan fingerprint density at radius 1 is 1.18 bits per heavy atom. The van der Waals surface area contributed by atoms with E-state index in [0.29, 0.717) is 5.41 Å². The van der Waals surface area contributed by atoms with Gasteiger partial charge in [0.2, 0.25) is 0 Å². The van der Waals surface area contributed by atoms with Crippen molar-refractivity contribution in [1.29, 1.82) is 0 Å². The first-order valence-corrected chi connectivity index (χ1v) is 10.5. The van der Waals surface area contributed by atoms with Crippen LogP contribution in [0.4, 0.5) is 0 Å². The second kappa shape index (κ2) is 10.1. The molecule has 1 saturated heterocycles. The van der Waals surface area contributed by atoms with Crippen molar-refractivity contribution in [2.75, 3.05) is 53.6 Å². The van der Waals surface area contributed by atoms with E-state index in [1.165, 1.54) is 31.2 Å². The largest absolute Gasteiger partial charge is 0.497 e. The highest BCUT2D eigenvalue weighted by atomic mass is 16.5. The zero-order valence-corrected chi connectivity index (χ0v) is 17.7.